The molecule has 0 bridgehead atoms. The van der Waals surface area contributed by atoms with E-state index in [-0.39, 0.29) is 11.8 Å². The van der Waals surface area contributed by atoms with Gasteiger partial charge >= 0.3 is 6.03 Å². The van der Waals surface area contributed by atoms with Crippen molar-refractivity contribution in [2.24, 2.45) is 0 Å². The van der Waals surface area contributed by atoms with Crippen LogP contribution < -0.4 is 5.32 Å². The second-order valence-corrected chi connectivity index (χ2v) is 7.83. The average Bonchev–Trinajstić information content (AvgIpc) is 3.14. The number of nitrogens with one attached hydrogen (secondary N) is 1. The zero-order chi connectivity index (χ0) is 21.5. The number of aromatic nitrogens is 1. The molecule has 0 aliphatic carbocycles. The molecular formula is C24H27ClFN3O. The number of aryl methyl sites for hydroxylation is 1. The van der Waals surface area contributed by atoms with Crippen LogP contribution in [0.15, 0.2) is 60.8 Å². The predicted octanol–water partition coefficient (Wildman–Crippen LogP) is 6.47. The van der Waals surface area contributed by atoms with Crippen LogP contribution in [0.1, 0.15) is 36.6 Å². The number of hydrogen-bond donors (Lipinski definition) is 1. The lowest BCUT2D eigenvalue weighted by Gasteiger charge is -2.24. The van der Waals surface area contributed by atoms with Gasteiger partial charge in [0, 0.05) is 35.7 Å². The summed E-state index contributed by atoms with van der Waals surface area (Å²) >= 11 is 6.19. The van der Waals surface area contributed by atoms with Crippen molar-refractivity contribution in [3.05, 3.63) is 88.5 Å². The molecule has 2 amide bonds. The van der Waals surface area contributed by atoms with Gasteiger partial charge in [0.1, 0.15) is 5.82 Å². The van der Waals surface area contributed by atoms with Gasteiger partial charge in [0.25, 0.3) is 0 Å². The molecule has 0 fully saturated rings. The summed E-state index contributed by atoms with van der Waals surface area (Å²) in [6, 6.07) is 15.9. The fraction of sp³-hybridized carbons (Fsp3) is 0.292. The number of amides is 2. The summed E-state index contributed by atoms with van der Waals surface area (Å²) in [7, 11) is 0. The Balaban J connectivity index is 1.74. The fourth-order valence-electron chi connectivity index (χ4n) is 3.25. The third-order valence-corrected chi connectivity index (χ3v) is 5.42. The number of anilines is 1. The first-order valence-corrected chi connectivity index (χ1v) is 10.5. The molecule has 3 rings (SSSR count). The van der Waals surface area contributed by atoms with E-state index in [0.717, 1.165) is 29.7 Å². The van der Waals surface area contributed by atoms with E-state index in [1.54, 1.807) is 17.0 Å². The monoisotopic (exact) mass is 427 g/mol. The zero-order valence-corrected chi connectivity index (χ0v) is 18.1. The van der Waals surface area contributed by atoms with E-state index in [0.29, 0.717) is 30.3 Å². The van der Waals surface area contributed by atoms with Gasteiger partial charge in [-0.3, -0.25) is 0 Å². The minimum absolute atomic E-state index is 0.165. The van der Waals surface area contributed by atoms with E-state index < -0.39 is 0 Å². The zero-order valence-electron chi connectivity index (χ0n) is 17.4. The highest BCUT2D eigenvalue weighted by molar-refractivity contribution is 6.31. The van der Waals surface area contributed by atoms with Crippen molar-refractivity contribution in [2.75, 3.05) is 11.9 Å². The summed E-state index contributed by atoms with van der Waals surface area (Å²) in [5.74, 6) is -0.248. The number of carbonyl (C=O) groups excluding carboxylic acids is 1. The number of rotatable bonds is 8. The number of carbonyl (C=O) groups is 1. The van der Waals surface area contributed by atoms with Gasteiger partial charge in [0.2, 0.25) is 0 Å². The average molecular weight is 428 g/mol. The second kappa shape index (κ2) is 10.3. The molecule has 0 spiro atoms. The van der Waals surface area contributed by atoms with Crippen LogP contribution in [0.25, 0.3) is 0 Å². The molecule has 4 nitrogen and oxygen atoms in total. The van der Waals surface area contributed by atoms with Gasteiger partial charge in [-0.1, -0.05) is 43.1 Å². The van der Waals surface area contributed by atoms with Crippen LogP contribution in [0.5, 0.6) is 0 Å². The van der Waals surface area contributed by atoms with Crippen LogP contribution in [0, 0.1) is 12.7 Å². The van der Waals surface area contributed by atoms with Crippen LogP contribution in [0.2, 0.25) is 5.02 Å². The lowest BCUT2D eigenvalue weighted by atomic mass is 10.2. The standard InChI is InChI=1S/C24H27ClFN3O/c1-3-4-12-29(24(30)27-21-11-10-18(2)23(25)15-21)17-22-9-6-13-28(22)16-19-7-5-8-20(26)14-19/h5-11,13-15H,3-4,12,16-17H2,1-2H3,(H,27,30). The van der Waals surface area contributed by atoms with Gasteiger partial charge in [-0.2, -0.15) is 0 Å². The van der Waals surface area contributed by atoms with Crippen LogP contribution in [-0.2, 0) is 13.1 Å². The van der Waals surface area contributed by atoms with Crippen LogP contribution >= 0.6 is 11.6 Å². The van der Waals surface area contributed by atoms with Gasteiger partial charge in [-0.25, -0.2) is 9.18 Å². The summed E-state index contributed by atoms with van der Waals surface area (Å²) in [5, 5.41) is 3.57. The molecule has 0 atom stereocenters. The van der Waals surface area contributed by atoms with Crippen molar-refractivity contribution >= 4 is 23.3 Å². The molecule has 6 heteroatoms. The maximum absolute atomic E-state index is 13.5. The molecule has 158 valence electrons. The number of nitrogens with zero attached hydrogens (tertiary/aromatic N) is 2. The van der Waals surface area contributed by atoms with E-state index in [4.69, 9.17) is 11.6 Å². The molecule has 0 unspecified atom stereocenters. The van der Waals surface area contributed by atoms with Gasteiger partial charge in [-0.05, 0) is 60.9 Å². The number of halogens is 2. The highest BCUT2D eigenvalue weighted by atomic mass is 35.5. The number of unbranched alkanes of at least 4 members (excludes halogenated alkanes) is 1. The van der Waals surface area contributed by atoms with Crippen LogP contribution in [0.4, 0.5) is 14.9 Å². The molecule has 0 saturated heterocycles. The van der Waals surface area contributed by atoms with Crippen molar-refractivity contribution in [2.45, 2.75) is 39.8 Å². The molecule has 1 aromatic heterocycles. The molecule has 0 radical (unpaired) electrons. The Labute approximate surface area is 182 Å². The Kier molecular flexibility index (Phi) is 7.52. The summed E-state index contributed by atoms with van der Waals surface area (Å²) < 4.78 is 15.6. The minimum atomic E-state index is -0.248. The highest BCUT2D eigenvalue weighted by Gasteiger charge is 2.16. The number of hydrogen-bond acceptors (Lipinski definition) is 1. The summed E-state index contributed by atoms with van der Waals surface area (Å²) in [6.07, 6.45) is 3.85. The van der Waals surface area contributed by atoms with Crippen molar-refractivity contribution in [3.63, 3.8) is 0 Å². The lowest BCUT2D eigenvalue weighted by Crippen LogP contribution is -2.36. The Morgan fingerprint density at radius 2 is 2.00 bits per heavy atom. The Bertz CT molecular complexity index is 1000. The van der Waals surface area contributed by atoms with Crippen LogP contribution in [0.3, 0.4) is 0 Å². The maximum Gasteiger partial charge on any atom is 0.322 e. The Morgan fingerprint density at radius 3 is 2.73 bits per heavy atom. The van der Waals surface area contributed by atoms with Crippen molar-refractivity contribution < 1.29 is 9.18 Å². The van der Waals surface area contributed by atoms with Gasteiger partial charge in [-0.15, -0.1) is 0 Å². The van der Waals surface area contributed by atoms with Crippen molar-refractivity contribution in [1.29, 1.82) is 0 Å². The third kappa shape index (κ3) is 5.86. The SMILES string of the molecule is CCCCN(Cc1cccn1Cc1cccc(F)c1)C(=O)Nc1ccc(C)c(Cl)c1. The van der Waals surface area contributed by atoms with Crippen LogP contribution in [-0.4, -0.2) is 22.0 Å². The first kappa shape index (κ1) is 21.9. The Hall–Kier alpha value is -2.79. The minimum Gasteiger partial charge on any atom is -0.345 e. The first-order chi connectivity index (χ1) is 14.5. The molecule has 0 saturated carbocycles. The Morgan fingerprint density at radius 1 is 1.17 bits per heavy atom. The molecule has 30 heavy (non-hydrogen) atoms. The quantitative estimate of drug-likeness (QED) is 0.439. The van der Waals surface area contributed by atoms with E-state index in [1.165, 1.54) is 12.1 Å². The van der Waals surface area contributed by atoms with E-state index >= 15 is 0 Å². The van der Waals surface area contributed by atoms with Crippen molar-refractivity contribution in [1.82, 2.24) is 9.47 Å². The molecule has 1 N–H and O–H groups in total. The molecule has 0 aliphatic rings. The van der Waals surface area contributed by atoms with E-state index in [9.17, 15) is 9.18 Å². The van der Waals surface area contributed by atoms with Gasteiger partial charge in [0.15, 0.2) is 0 Å². The second-order valence-electron chi connectivity index (χ2n) is 7.43. The number of urea groups is 1. The van der Waals surface area contributed by atoms with Crippen molar-refractivity contribution in [3.8, 4) is 0 Å². The highest BCUT2D eigenvalue weighted by Crippen LogP contribution is 2.21. The predicted molar refractivity (Wildman–Crippen MR) is 120 cm³/mol. The first-order valence-electron chi connectivity index (χ1n) is 10.2. The largest absolute Gasteiger partial charge is 0.345 e. The summed E-state index contributed by atoms with van der Waals surface area (Å²) in [6.45, 7) is 5.69. The molecule has 3 aromatic rings. The topological polar surface area (TPSA) is 37.3 Å². The molecule has 2 aromatic carbocycles. The number of benzene rings is 2. The molecular weight excluding hydrogens is 401 g/mol. The third-order valence-electron chi connectivity index (χ3n) is 5.01. The summed E-state index contributed by atoms with van der Waals surface area (Å²) in [5.41, 5.74) is 3.51. The smallest absolute Gasteiger partial charge is 0.322 e. The summed E-state index contributed by atoms with van der Waals surface area (Å²) in [4.78, 5) is 14.8. The molecule has 1 heterocycles. The van der Waals surface area contributed by atoms with Gasteiger partial charge in [0.05, 0.1) is 6.54 Å². The normalized spacial score (nSPS) is 10.8. The van der Waals surface area contributed by atoms with E-state index in [2.05, 4.69) is 12.2 Å². The fourth-order valence-corrected chi connectivity index (χ4v) is 3.43. The lowest BCUT2D eigenvalue weighted by molar-refractivity contribution is 0.207. The maximum atomic E-state index is 13.5. The van der Waals surface area contributed by atoms with Gasteiger partial charge < -0.3 is 14.8 Å². The van der Waals surface area contributed by atoms with E-state index in [1.807, 2.05) is 48.0 Å². The molecule has 0 aliphatic heterocycles.